The minimum absolute atomic E-state index is 0.0977. The number of carbonyl (C=O) groups excluding carboxylic acids is 2. The van der Waals surface area contributed by atoms with Crippen molar-refractivity contribution in [3.8, 4) is 0 Å². The number of esters is 1. The van der Waals surface area contributed by atoms with Crippen LogP contribution in [0.1, 0.15) is 35.6 Å². The standard InChI is InChI=1S/C12H15ClN2O3/c1-3-8-5-9(6-14-7-16)15-11(10(8)13)12(17)18-4-2/h5,7H,3-4,6H2,1-2H3,(H,14,16). The Kier molecular flexibility index (Phi) is 5.58. The van der Waals surface area contributed by atoms with Gasteiger partial charge in [0, 0.05) is 0 Å². The van der Waals surface area contributed by atoms with E-state index in [1.165, 1.54) is 0 Å². The minimum atomic E-state index is -0.551. The Bertz CT molecular complexity index is 449. The molecule has 1 heterocycles. The lowest BCUT2D eigenvalue weighted by atomic mass is 10.1. The van der Waals surface area contributed by atoms with Gasteiger partial charge in [0.15, 0.2) is 5.69 Å². The molecule has 1 N–H and O–H groups in total. The Balaban J connectivity index is 3.13. The number of aryl methyl sites for hydroxylation is 1. The van der Waals surface area contributed by atoms with Crippen LogP contribution >= 0.6 is 11.6 Å². The molecule has 0 spiro atoms. The molecule has 0 aliphatic rings. The molecule has 0 bridgehead atoms. The first-order chi connectivity index (χ1) is 8.63. The first kappa shape index (κ1) is 14.4. The number of hydrogen-bond donors (Lipinski definition) is 1. The third-order valence-corrected chi connectivity index (χ3v) is 2.72. The van der Waals surface area contributed by atoms with Gasteiger partial charge in [0.1, 0.15) is 0 Å². The monoisotopic (exact) mass is 270 g/mol. The van der Waals surface area contributed by atoms with Crippen molar-refractivity contribution < 1.29 is 14.3 Å². The van der Waals surface area contributed by atoms with Crippen LogP contribution in [0.25, 0.3) is 0 Å². The van der Waals surface area contributed by atoms with Gasteiger partial charge in [-0.25, -0.2) is 9.78 Å². The van der Waals surface area contributed by atoms with E-state index in [1.54, 1.807) is 13.0 Å². The third-order valence-electron chi connectivity index (χ3n) is 2.30. The van der Waals surface area contributed by atoms with Crippen LogP contribution in [0.4, 0.5) is 0 Å². The summed E-state index contributed by atoms with van der Waals surface area (Å²) < 4.78 is 4.89. The lowest BCUT2D eigenvalue weighted by Crippen LogP contribution is -2.15. The van der Waals surface area contributed by atoms with Crippen LogP contribution in [-0.4, -0.2) is 24.0 Å². The van der Waals surface area contributed by atoms with Crippen molar-refractivity contribution in [2.75, 3.05) is 6.61 Å². The second kappa shape index (κ2) is 6.96. The topological polar surface area (TPSA) is 68.3 Å². The number of rotatable bonds is 6. The fourth-order valence-electron chi connectivity index (χ4n) is 1.47. The fraction of sp³-hybridized carbons (Fsp3) is 0.417. The van der Waals surface area contributed by atoms with Crippen molar-refractivity contribution in [1.82, 2.24) is 10.3 Å². The molecule has 0 saturated carbocycles. The number of hydrogen-bond acceptors (Lipinski definition) is 4. The number of pyridine rings is 1. The van der Waals surface area contributed by atoms with Gasteiger partial charge in [-0.1, -0.05) is 18.5 Å². The molecule has 0 radical (unpaired) electrons. The maximum absolute atomic E-state index is 11.7. The van der Waals surface area contributed by atoms with E-state index >= 15 is 0 Å². The molecule has 0 aliphatic carbocycles. The summed E-state index contributed by atoms with van der Waals surface area (Å²) in [7, 11) is 0. The fourth-order valence-corrected chi connectivity index (χ4v) is 1.78. The van der Waals surface area contributed by atoms with Crippen LogP contribution in [0.2, 0.25) is 5.02 Å². The van der Waals surface area contributed by atoms with Crippen LogP contribution in [0, 0.1) is 0 Å². The van der Waals surface area contributed by atoms with E-state index in [1.807, 2.05) is 6.92 Å². The molecule has 0 fully saturated rings. The molecule has 0 aliphatic heterocycles. The Morgan fingerprint density at radius 1 is 1.56 bits per heavy atom. The molecule has 5 nitrogen and oxygen atoms in total. The Hall–Kier alpha value is -1.62. The molecule has 1 aromatic heterocycles. The van der Waals surface area contributed by atoms with Gasteiger partial charge in [-0.3, -0.25) is 4.79 Å². The highest BCUT2D eigenvalue weighted by Crippen LogP contribution is 2.22. The Morgan fingerprint density at radius 2 is 2.28 bits per heavy atom. The molecule has 0 unspecified atom stereocenters. The predicted molar refractivity (Wildman–Crippen MR) is 67.5 cm³/mol. The number of nitrogens with zero attached hydrogens (tertiary/aromatic N) is 1. The van der Waals surface area contributed by atoms with Crippen molar-refractivity contribution in [2.24, 2.45) is 0 Å². The van der Waals surface area contributed by atoms with Crippen LogP contribution in [0.5, 0.6) is 0 Å². The second-order valence-electron chi connectivity index (χ2n) is 3.51. The van der Waals surface area contributed by atoms with Crippen LogP contribution in [0.15, 0.2) is 6.07 Å². The van der Waals surface area contributed by atoms with E-state index in [0.717, 1.165) is 5.56 Å². The van der Waals surface area contributed by atoms with Gasteiger partial charge in [-0.15, -0.1) is 0 Å². The average molecular weight is 271 g/mol. The Labute approximate surface area is 110 Å². The highest BCUT2D eigenvalue weighted by atomic mass is 35.5. The summed E-state index contributed by atoms with van der Waals surface area (Å²) >= 11 is 6.09. The normalized spacial score (nSPS) is 9.94. The van der Waals surface area contributed by atoms with E-state index in [-0.39, 0.29) is 18.8 Å². The van der Waals surface area contributed by atoms with Gasteiger partial charge in [-0.05, 0) is 25.0 Å². The zero-order valence-corrected chi connectivity index (χ0v) is 11.1. The maximum Gasteiger partial charge on any atom is 0.358 e. The molecule has 0 atom stereocenters. The SMILES string of the molecule is CCOC(=O)c1nc(CNC=O)cc(CC)c1Cl. The number of nitrogens with one attached hydrogen (secondary N) is 1. The zero-order chi connectivity index (χ0) is 13.5. The van der Waals surface area contributed by atoms with E-state index in [4.69, 9.17) is 16.3 Å². The molecule has 1 rings (SSSR count). The molecular weight excluding hydrogens is 256 g/mol. The van der Waals surface area contributed by atoms with Crippen LogP contribution < -0.4 is 5.32 Å². The largest absolute Gasteiger partial charge is 0.461 e. The Morgan fingerprint density at radius 3 is 2.83 bits per heavy atom. The third kappa shape index (κ3) is 3.43. The first-order valence-electron chi connectivity index (χ1n) is 5.66. The van der Waals surface area contributed by atoms with Crippen molar-refractivity contribution in [3.63, 3.8) is 0 Å². The van der Waals surface area contributed by atoms with Crippen LogP contribution in [-0.2, 0) is 22.5 Å². The van der Waals surface area contributed by atoms with E-state index < -0.39 is 5.97 Å². The quantitative estimate of drug-likeness (QED) is 0.631. The highest BCUT2D eigenvalue weighted by molar-refractivity contribution is 6.34. The molecule has 1 amide bonds. The van der Waals surface area contributed by atoms with Gasteiger partial charge in [0.2, 0.25) is 6.41 Å². The summed E-state index contributed by atoms with van der Waals surface area (Å²) in [5, 5.41) is 2.81. The zero-order valence-electron chi connectivity index (χ0n) is 10.3. The predicted octanol–water partition coefficient (Wildman–Crippen LogP) is 1.72. The number of carbonyl (C=O) groups is 2. The van der Waals surface area contributed by atoms with Gasteiger partial charge in [-0.2, -0.15) is 0 Å². The summed E-state index contributed by atoms with van der Waals surface area (Å²) in [4.78, 5) is 26.1. The van der Waals surface area contributed by atoms with E-state index in [2.05, 4.69) is 10.3 Å². The lowest BCUT2D eigenvalue weighted by Gasteiger charge is -2.10. The number of halogens is 1. The molecule has 1 aromatic rings. The molecule has 98 valence electrons. The van der Waals surface area contributed by atoms with Crippen molar-refractivity contribution in [3.05, 3.63) is 28.0 Å². The number of amides is 1. The van der Waals surface area contributed by atoms with Gasteiger partial charge in [0.05, 0.1) is 23.9 Å². The van der Waals surface area contributed by atoms with Gasteiger partial charge < -0.3 is 10.1 Å². The van der Waals surface area contributed by atoms with E-state index in [9.17, 15) is 9.59 Å². The van der Waals surface area contributed by atoms with E-state index in [0.29, 0.717) is 23.5 Å². The molecule has 0 aromatic carbocycles. The molecule has 18 heavy (non-hydrogen) atoms. The summed E-state index contributed by atoms with van der Waals surface area (Å²) in [5.74, 6) is -0.551. The van der Waals surface area contributed by atoms with Crippen molar-refractivity contribution in [1.29, 1.82) is 0 Å². The average Bonchev–Trinajstić information content (AvgIpc) is 2.37. The number of aromatic nitrogens is 1. The molecular formula is C12H15ClN2O3. The lowest BCUT2D eigenvalue weighted by molar-refractivity contribution is -0.109. The van der Waals surface area contributed by atoms with Crippen molar-refractivity contribution >= 4 is 24.0 Å². The molecule has 6 heteroatoms. The van der Waals surface area contributed by atoms with Crippen LogP contribution in [0.3, 0.4) is 0 Å². The first-order valence-corrected chi connectivity index (χ1v) is 6.04. The van der Waals surface area contributed by atoms with Crippen molar-refractivity contribution in [2.45, 2.75) is 26.8 Å². The smallest absolute Gasteiger partial charge is 0.358 e. The minimum Gasteiger partial charge on any atom is -0.461 e. The van der Waals surface area contributed by atoms with Gasteiger partial charge in [0.25, 0.3) is 0 Å². The number of ether oxygens (including phenoxy) is 1. The summed E-state index contributed by atoms with van der Waals surface area (Å²) in [6.45, 7) is 4.15. The summed E-state index contributed by atoms with van der Waals surface area (Å²) in [6.07, 6.45) is 1.24. The summed E-state index contributed by atoms with van der Waals surface area (Å²) in [6, 6.07) is 1.77. The van der Waals surface area contributed by atoms with Gasteiger partial charge >= 0.3 is 5.97 Å². The molecule has 0 saturated heterocycles. The maximum atomic E-state index is 11.7. The summed E-state index contributed by atoms with van der Waals surface area (Å²) in [5.41, 5.74) is 1.48. The highest BCUT2D eigenvalue weighted by Gasteiger charge is 2.17. The second-order valence-corrected chi connectivity index (χ2v) is 3.89.